The van der Waals surface area contributed by atoms with E-state index in [1.54, 1.807) is 32.5 Å². The van der Waals surface area contributed by atoms with Crippen LogP contribution in [0.25, 0.3) is 22.5 Å². The molecule has 0 radical (unpaired) electrons. The molecule has 3 atom stereocenters. The molecule has 2 aliphatic heterocycles. The standard InChI is InChI=1S/C33H36N8O5/c1-20(22-17-23(26-11-15-39(2)37-26)19-24(18-22)27-12-16-40(3)38-27)34-31(43)25-8-5-4-7-21(25)9-10-28(42)35-36-32(44)29-30(46-29)33(45)41-13-6-14-41/h4-5,7-8,11-12,15-20,29-30H,6,9-10,13-14H2,1-3H3,(H,34,43)(H,35,42)(H,36,44)/t20-,29+,30?/m1/s1. The first-order valence-electron chi connectivity index (χ1n) is 15.2. The van der Waals surface area contributed by atoms with Gasteiger partial charge in [-0.25, -0.2) is 0 Å². The third-order valence-electron chi connectivity index (χ3n) is 8.19. The van der Waals surface area contributed by atoms with Crippen molar-refractivity contribution < 1.29 is 23.9 Å². The van der Waals surface area contributed by atoms with E-state index >= 15 is 0 Å². The van der Waals surface area contributed by atoms with Crippen molar-refractivity contribution in [1.29, 1.82) is 0 Å². The van der Waals surface area contributed by atoms with Gasteiger partial charge >= 0.3 is 0 Å². The van der Waals surface area contributed by atoms with Crippen molar-refractivity contribution in [3.05, 3.63) is 83.7 Å². The highest BCUT2D eigenvalue weighted by Gasteiger charge is 2.52. The number of hydrogen-bond acceptors (Lipinski definition) is 7. The summed E-state index contributed by atoms with van der Waals surface area (Å²) < 4.78 is 8.70. The number of aryl methyl sites for hydroxylation is 3. The maximum atomic E-state index is 13.5. The number of aromatic nitrogens is 4. The van der Waals surface area contributed by atoms with Crippen molar-refractivity contribution in [2.75, 3.05) is 13.1 Å². The van der Waals surface area contributed by atoms with Gasteiger partial charge in [-0.05, 0) is 67.3 Å². The molecule has 3 N–H and O–H groups in total. The molecule has 2 saturated heterocycles. The fraction of sp³-hybridized carbons (Fsp3) is 0.333. The molecule has 13 nitrogen and oxygen atoms in total. The minimum atomic E-state index is -0.899. The number of ether oxygens (including phenoxy) is 1. The zero-order valence-corrected chi connectivity index (χ0v) is 25.9. The predicted molar refractivity (Wildman–Crippen MR) is 168 cm³/mol. The number of carbonyl (C=O) groups excluding carboxylic acids is 4. The Bertz CT molecular complexity index is 1730. The van der Waals surface area contributed by atoms with Gasteiger partial charge in [0.2, 0.25) is 5.91 Å². The summed E-state index contributed by atoms with van der Waals surface area (Å²) in [6.07, 6.45) is 3.33. The first-order valence-corrected chi connectivity index (χ1v) is 15.2. The number of hydrogen-bond donors (Lipinski definition) is 3. The first kappa shape index (κ1) is 30.7. The van der Waals surface area contributed by atoms with Crippen molar-refractivity contribution in [3.63, 3.8) is 0 Å². The second kappa shape index (κ2) is 13.0. The molecule has 0 aliphatic carbocycles. The lowest BCUT2D eigenvalue weighted by molar-refractivity contribution is -0.136. The molecule has 2 aromatic carbocycles. The summed E-state index contributed by atoms with van der Waals surface area (Å²) in [5, 5.41) is 12.2. The van der Waals surface area contributed by atoms with E-state index in [1.165, 1.54) is 0 Å². The van der Waals surface area contributed by atoms with Crippen molar-refractivity contribution in [2.24, 2.45) is 14.1 Å². The maximum Gasteiger partial charge on any atom is 0.270 e. The van der Waals surface area contributed by atoms with Gasteiger partial charge in [0.15, 0.2) is 12.2 Å². The van der Waals surface area contributed by atoms with Crippen LogP contribution in [-0.4, -0.2) is 73.4 Å². The average Bonchev–Trinajstić information content (AvgIpc) is 3.52. The van der Waals surface area contributed by atoms with Crippen LogP contribution < -0.4 is 16.2 Å². The fourth-order valence-corrected chi connectivity index (χ4v) is 5.38. The van der Waals surface area contributed by atoms with Crippen molar-refractivity contribution in [3.8, 4) is 22.5 Å². The summed E-state index contributed by atoms with van der Waals surface area (Å²) in [5.41, 5.74) is 10.2. The van der Waals surface area contributed by atoms with Crippen molar-refractivity contribution in [2.45, 2.75) is 44.4 Å². The van der Waals surface area contributed by atoms with Gasteiger partial charge in [0.1, 0.15) is 0 Å². The van der Waals surface area contributed by atoms with Crippen LogP contribution in [0.2, 0.25) is 0 Å². The zero-order chi connectivity index (χ0) is 32.4. The normalized spacial score (nSPS) is 17.5. The van der Waals surface area contributed by atoms with Gasteiger partial charge in [0.25, 0.3) is 17.7 Å². The molecule has 6 rings (SSSR count). The molecule has 1 unspecified atom stereocenters. The molecule has 2 fully saturated rings. The molecule has 0 spiro atoms. The van der Waals surface area contributed by atoms with Gasteiger partial charge in [0.05, 0.1) is 17.4 Å². The summed E-state index contributed by atoms with van der Waals surface area (Å²) in [4.78, 5) is 52.2. The molecule has 0 bridgehead atoms. The van der Waals surface area contributed by atoms with Crippen LogP contribution >= 0.6 is 0 Å². The SMILES string of the molecule is C[C@@H](NC(=O)c1ccccc1CCC(=O)NNC(=O)[C@H]1OC1C(=O)N1CCC1)c1cc(-c2ccn(C)n2)cc(-c2ccn(C)n2)c1. The van der Waals surface area contributed by atoms with Gasteiger partial charge in [0, 0.05) is 62.7 Å². The van der Waals surface area contributed by atoms with Crippen molar-refractivity contribution >= 4 is 23.6 Å². The summed E-state index contributed by atoms with van der Waals surface area (Å²) in [6, 6.07) is 16.7. The summed E-state index contributed by atoms with van der Waals surface area (Å²) in [5.74, 6) is -1.48. The Hall–Kier alpha value is -5.30. The number of benzene rings is 2. The van der Waals surface area contributed by atoms with E-state index < -0.39 is 24.0 Å². The highest BCUT2D eigenvalue weighted by atomic mass is 16.6. The molecule has 0 saturated carbocycles. The van der Waals surface area contributed by atoms with Crippen LogP contribution in [-0.2, 0) is 39.6 Å². The van der Waals surface area contributed by atoms with Crippen LogP contribution in [0.5, 0.6) is 0 Å². The van der Waals surface area contributed by atoms with Gasteiger partial charge < -0.3 is 15.0 Å². The van der Waals surface area contributed by atoms with Crippen LogP contribution in [0.15, 0.2) is 67.0 Å². The minimum Gasteiger partial charge on any atom is -0.349 e. The number of likely N-dealkylation sites (tertiary alicyclic amines) is 1. The quantitative estimate of drug-likeness (QED) is 0.180. The van der Waals surface area contributed by atoms with Crippen LogP contribution in [0.4, 0.5) is 0 Å². The number of amides is 4. The number of rotatable bonds is 10. The van der Waals surface area contributed by atoms with E-state index in [9.17, 15) is 19.2 Å². The third-order valence-corrected chi connectivity index (χ3v) is 8.19. The monoisotopic (exact) mass is 624 g/mol. The van der Waals surface area contributed by atoms with E-state index in [-0.39, 0.29) is 30.7 Å². The van der Waals surface area contributed by atoms with Gasteiger partial charge in [-0.15, -0.1) is 0 Å². The highest BCUT2D eigenvalue weighted by molar-refractivity contribution is 5.97. The van der Waals surface area contributed by atoms with E-state index in [1.807, 2.05) is 69.8 Å². The third kappa shape index (κ3) is 6.84. The topological polar surface area (TPSA) is 156 Å². The molecule has 4 heterocycles. The van der Waals surface area contributed by atoms with Gasteiger partial charge in [-0.2, -0.15) is 10.2 Å². The number of carbonyl (C=O) groups is 4. The molecular formula is C33H36N8O5. The van der Waals surface area contributed by atoms with E-state index in [2.05, 4.69) is 26.4 Å². The highest BCUT2D eigenvalue weighted by Crippen LogP contribution is 2.30. The lowest BCUT2D eigenvalue weighted by atomic mass is 9.97. The Morgan fingerprint density at radius 1 is 0.891 bits per heavy atom. The zero-order valence-electron chi connectivity index (χ0n) is 25.9. The number of nitrogens with zero attached hydrogens (tertiary/aromatic N) is 5. The number of epoxide rings is 1. The predicted octanol–water partition coefficient (Wildman–Crippen LogP) is 2.06. The molecule has 238 valence electrons. The smallest absolute Gasteiger partial charge is 0.270 e. The lowest BCUT2D eigenvalue weighted by Crippen LogP contribution is -2.47. The molecular weight excluding hydrogens is 588 g/mol. The molecule has 46 heavy (non-hydrogen) atoms. The van der Waals surface area contributed by atoms with E-state index in [0.29, 0.717) is 24.2 Å². The van der Waals surface area contributed by atoms with E-state index in [0.717, 1.165) is 34.5 Å². The van der Waals surface area contributed by atoms with Gasteiger partial charge in [-0.3, -0.25) is 39.4 Å². The Morgan fingerprint density at radius 3 is 2.13 bits per heavy atom. The molecule has 2 aliphatic rings. The van der Waals surface area contributed by atoms with Crippen LogP contribution in [0.3, 0.4) is 0 Å². The molecule has 4 aromatic rings. The molecule has 2 aromatic heterocycles. The Kier molecular flexibility index (Phi) is 8.66. The number of hydrazine groups is 1. The molecule has 4 amide bonds. The van der Waals surface area contributed by atoms with Crippen LogP contribution in [0, 0.1) is 0 Å². The van der Waals surface area contributed by atoms with Crippen molar-refractivity contribution in [1.82, 2.24) is 40.6 Å². The summed E-state index contributed by atoms with van der Waals surface area (Å²) in [7, 11) is 3.73. The minimum absolute atomic E-state index is 0.0291. The Balaban J connectivity index is 1.07. The maximum absolute atomic E-state index is 13.5. The lowest BCUT2D eigenvalue weighted by Gasteiger charge is -2.30. The first-order chi connectivity index (χ1) is 22.2. The largest absolute Gasteiger partial charge is 0.349 e. The number of nitrogens with one attached hydrogen (secondary N) is 3. The summed E-state index contributed by atoms with van der Waals surface area (Å²) in [6.45, 7) is 3.27. The summed E-state index contributed by atoms with van der Waals surface area (Å²) >= 11 is 0. The Labute approximate surface area is 265 Å². The fourth-order valence-electron chi connectivity index (χ4n) is 5.38. The second-order valence-corrected chi connectivity index (χ2v) is 11.6. The van der Waals surface area contributed by atoms with E-state index in [4.69, 9.17) is 4.74 Å². The van der Waals surface area contributed by atoms with Crippen LogP contribution in [0.1, 0.15) is 47.3 Å². The Morgan fingerprint density at radius 2 is 1.54 bits per heavy atom. The molecule has 13 heteroatoms. The van der Waals surface area contributed by atoms with Gasteiger partial charge in [-0.1, -0.05) is 18.2 Å². The second-order valence-electron chi connectivity index (χ2n) is 11.6. The average molecular weight is 625 g/mol.